The van der Waals surface area contributed by atoms with Crippen LogP contribution in [0, 0.1) is 0 Å². The van der Waals surface area contributed by atoms with E-state index in [1.54, 1.807) is 12.1 Å². The highest BCUT2D eigenvalue weighted by atomic mass is 16.5. The van der Waals surface area contributed by atoms with E-state index in [1.807, 2.05) is 37.3 Å². The number of carbonyl (C=O) groups excluding carboxylic acids is 1. The van der Waals surface area contributed by atoms with Crippen LogP contribution in [0.1, 0.15) is 18.1 Å². The molecule has 2 N–H and O–H groups in total. The summed E-state index contributed by atoms with van der Waals surface area (Å²) in [6.45, 7) is 2.30. The number of phenols is 1. The van der Waals surface area contributed by atoms with Crippen LogP contribution in [0.15, 0.2) is 53.6 Å². The van der Waals surface area contributed by atoms with E-state index in [2.05, 4.69) is 10.5 Å². The van der Waals surface area contributed by atoms with Crippen molar-refractivity contribution < 1.29 is 14.6 Å². The first-order chi connectivity index (χ1) is 10.7. The van der Waals surface area contributed by atoms with Gasteiger partial charge in [-0.1, -0.05) is 30.3 Å². The minimum atomic E-state index is -0.189. The molecule has 5 heteroatoms. The van der Waals surface area contributed by atoms with Gasteiger partial charge in [-0.2, -0.15) is 5.10 Å². The minimum Gasteiger partial charge on any atom is -0.504 e. The molecule has 0 fully saturated rings. The average Bonchev–Trinajstić information content (AvgIpc) is 2.51. The molecular formula is C17H18N2O3. The number of hydrogen-bond donors (Lipinski definition) is 2. The number of carbonyl (C=O) groups is 1. The Hall–Kier alpha value is -2.82. The molecule has 0 atom stereocenters. The highest BCUT2D eigenvalue weighted by Gasteiger charge is 2.03. The van der Waals surface area contributed by atoms with Gasteiger partial charge in [0.1, 0.15) is 0 Å². The maximum absolute atomic E-state index is 11.7. The van der Waals surface area contributed by atoms with Gasteiger partial charge in [0.05, 0.1) is 19.2 Å². The predicted octanol–water partition coefficient (Wildman–Crippen LogP) is 2.48. The summed E-state index contributed by atoms with van der Waals surface area (Å²) in [6, 6.07) is 14.3. The average molecular weight is 298 g/mol. The molecule has 0 bridgehead atoms. The fraction of sp³-hybridized carbons (Fsp3) is 0.176. The zero-order valence-electron chi connectivity index (χ0n) is 12.3. The van der Waals surface area contributed by atoms with E-state index in [-0.39, 0.29) is 18.1 Å². The van der Waals surface area contributed by atoms with Crippen molar-refractivity contribution in [1.29, 1.82) is 0 Å². The van der Waals surface area contributed by atoms with Gasteiger partial charge in [-0.15, -0.1) is 0 Å². The summed E-state index contributed by atoms with van der Waals surface area (Å²) in [5.41, 5.74) is 4.13. The standard InChI is InChI=1S/C17H18N2O3/c1-2-22-16-10-14(8-9-15(16)20)12-18-19-17(21)11-13-6-4-3-5-7-13/h3-10,12,20H,2,11H2,1H3,(H,19,21)/b18-12-. The van der Waals surface area contributed by atoms with Gasteiger partial charge in [-0.3, -0.25) is 4.79 Å². The van der Waals surface area contributed by atoms with Crippen molar-refractivity contribution in [3.05, 3.63) is 59.7 Å². The van der Waals surface area contributed by atoms with Gasteiger partial charge in [-0.25, -0.2) is 5.43 Å². The molecule has 0 saturated carbocycles. The number of nitrogens with zero attached hydrogens (tertiary/aromatic N) is 1. The van der Waals surface area contributed by atoms with Crippen LogP contribution in [-0.4, -0.2) is 23.8 Å². The molecule has 2 aromatic carbocycles. The molecule has 0 unspecified atom stereocenters. The molecular weight excluding hydrogens is 280 g/mol. The number of aromatic hydroxyl groups is 1. The molecule has 0 aliphatic rings. The SMILES string of the molecule is CCOc1cc(/C=N\NC(=O)Cc2ccccc2)ccc1O. The van der Waals surface area contributed by atoms with Crippen molar-refractivity contribution in [3.63, 3.8) is 0 Å². The van der Waals surface area contributed by atoms with E-state index in [0.717, 1.165) is 11.1 Å². The molecule has 2 aromatic rings. The fourth-order valence-electron chi connectivity index (χ4n) is 1.88. The van der Waals surface area contributed by atoms with E-state index < -0.39 is 0 Å². The van der Waals surface area contributed by atoms with Crippen LogP contribution in [0.5, 0.6) is 11.5 Å². The third kappa shape index (κ3) is 4.63. The second-order valence-electron chi connectivity index (χ2n) is 4.62. The van der Waals surface area contributed by atoms with Gasteiger partial charge in [0.25, 0.3) is 0 Å². The van der Waals surface area contributed by atoms with Crippen LogP contribution in [0.3, 0.4) is 0 Å². The smallest absolute Gasteiger partial charge is 0.244 e. The molecule has 5 nitrogen and oxygen atoms in total. The van der Waals surface area contributed by atoms with Crippen LogP contribution in [0.2, 0.25) is 0 Å². The molecule has 1 amide bonds. The van der Waals surface area contributed by atoms with Crippen LogP contribution < -0.4 is 10.2 Å². The van der Waals surface area contributed by atoms with E-state index >= 15 is 0 Å². The van der Waals surface area contributed by atoms with Gasteiger partial charge >= 0.3 is 0 Å². The van der Waals surface area contributed by atoms with Gasteiger partial charge in [-0.05, 0) is 36.2 Å². The third-order valence-electron chi connectivity index (χ3n) is 2.89. The molecule has 0 saturated heterocycles. The first-order valence-electron chi connectivity index (χ1n) is 7.00. The van der Waals surface area contributed by atoms with E-state index in [4.69, 9.17) is 4.74 Å². The molecule has 0 spiro atoms. The summed E-state index contributed by atoms with van der Waals surface area (Å²) < 4.78 is 5.28. The highest BCUT2D eigenvalue weighted by molar-refractivity contribution is 5.84. The van der Waals surface area contributed by atoms with Gasteiger partial charge in [0.2, 0.25) is 5.91 Å². The topological polar surface area (TPSA) is 70.9 Å². The lowest BCUT2D eigenvalue weighted by Gasteiger charge is -2.06. The second-order valence-corrected chi connectivity index (χ2v) is 4.62. The number of ether oxygens (including phenoxy) is 1. The Morgan fingerprint density at radius 1 is 1.27 bits per heavy atom. The number of benzene rings is 2. The Balaban J connectivity index is 1.92. The molecule has 2 rings (SSSR count). The quantitative estimate of drug-likeness (QED) is 0.636. The summed E-state index contributed by atoms with van der Waals surface area (Å²) in [5.74, 6) is 0.278. The molecule has 0 aliphatic heterocycles. The van der Waals surface area contributed by atoms with Crippen molar-refractivity contribution >= 4 is 12.1 Å². The molecule has 22 heavy (non-hydrogen) atoms. The first-order valence-corrected chi connectivity index (χ1v) is 7.00. The van der Waals surface area contributed by atoms with Gasteiger partial charge in [0, 0.05) is 0 Å². The second kappa shape index (κ2) is 7.83. The van der Waals surface area contributed by atoms with Crippen LogP contribution in [-0.2, 0) is 11.2 Å². The lowest BCUT2D eigenvalue weighted by molar-refractivity contribution is -0.120. The van der Waals surface area contributed by atoms with Crippen molar-refractivity contribution in [2.24, 2.45) is 5.10 Å². The van der Waals surface area contributed by atoms with Crippen molar-refractivity contribution in [2.75, 3.05) is 6.61 Å². The Morgan fingerprint density at radius 3 is 2.77 bits per heavy atom. The lowest BCUT2D eigenvalue weighted by atomic mass is 10.1. The van der Waals surface area contributed by atoms with Crippen LogP contribution in [0.4, 0.5) is 0 Å². The molecule has 0 heterocycles. The number of nitrogens with one attached hydrogen (secondary N) is 1. The maximum Gasteiger partial charge on any atom is 0.244 e. The van der Waals surface area contributed by atoms with Crippen LogP contribution in [0.25, 0.3) is 0 Å². The summed E-state index contributed by atoms with van der Waals surface area (Å²) in [5, 5.41) is 13.5. The lowest BCUT2D eigenvalue weighted by Crippen LogP contribution is -2.19. The number of rotatable bonds is 6. The summed E-state index contributed by atoms with van der Waals surface area (Å²) in [6.07, 6.45) is 1.78. The Morgan fingerprint density at radius 2 is 2.05 bits per heavy atom. The maximum atomic E-state index is 11.7. The molecule has 0 radical (unpaired) electrons. The van der Waals surface area contributed by atoms with Crippen molar-refractivity contribution in [3.8, 4) is 11.5 Å². The third-order valence-corrected chi connectivity index (χ3v) is 2.89. The normalized spacial score (nSPS) is 10.6. The van der Waals surface area contributed by atoms with Crippen molar-refractivity contribution in [2.45, 2.75) is 13.3 Å². The summed E-state index contributed by atoms with van der Waals surface area (Å²) in [7, 11) is 0. The molecule has 0 aromatic heterocycles. The van der Waals surface area contributed by atoms with E-state index in [0.29, 0.717) is 12.4 Å². The zero-order valence-corrected chi connectivity index (χ0v) is 12.3. The Kier molecular flexibility index (Phi) is 5.54. The summed E-state index contributed by atoms with van der Waals surface area (Å²) in [4.78, 5) is 11.7. The first kappa shape index (κ1) is 15.6. The number of amides is 1. The summed E-state index contributed by atoms with van der Waals surface area (Å²) >= 11 is 0. The van der Waals surface area contributed by atoms with Crippen LogP contribution >= 0.6 is 0 Å². The number of hydrogen-bond acceptors (Lipinski definition) is 4. The Labute approximate surface area is 129 Å². The van der Waals surface area contributed by atoms with Crippen molar-refractivity contribution in [1.82, 2.24) is 5.43 Å². The number of hydrazone groups is 1. The van der Waals surface area contributed by atoms with E-state index in [1.165, 1.54) is 12.3 Å². The van der Waals surface area contributed by atoms with E-state index in [9.17, 15) is 9.90 Å². The monoisotopic (exact) mass is 298 g/mol. The predicted molar refractivity (Wildman–Crippen MR) is 85.2 cm³/mol. The zero-order chi connectivity index (χ0) is 15.8. The molecule has 0 aliphatic carbocycles. The van der Waals surface area contributed by atoms with Gasteiger partial charge in [0.15, 0.2) is 11.5 Å². The van der Waals surface area contributed by atoms with Gasteiger partial charge < -0.3 is 9.84 Å². The highest BCUT2D eigenvalue weighted by Crippen LogP contribution is 2.26. The number of phenolic OH excluding ortho intramolecular Hbond substituents is 1. The fourth-order valence-corrected chi connectivity index (χ4v) is 1.88. The minimum absolute atomic E-state index is 0.0760. The largest absolute Gasteiger partial charge is 0.504 e. The Bertz CT molecular complexity index is 654. The molecule has 114 valence electrons.